The first-order valence-corrected chi connectivity index (χ1v) is 5.64. The molecular formula is C14H14N2O2. The minimum atomic E-state index is -0.844. The van der Waals surface area contributed by atoms with Gasteiger partial charge in [0.1, 0.15) is 0 Å². The molecule has 1 heterocycles. The van der Waals surface area contributed by atoms with Crippen molar-refractivity contribution in [2.24, 2.45) is 0 Å². The van der Waals surface area contributed by atoms with Gasteiger partial charge >= 0.3 is 5.97 Å². The molecule has 2 aromatic rings. The van der Waals surface area contributed by atoms with Gasteiger partial charge in [-0.2, -0.15) is 0 Å². The summed E-state index contributed by atoms with van der Waals surface area (Å²) in [4.78, 5) is 15.3. The van der Waals surface area contributed by atoms with Gasteiger partial charge in [-0.15, -0.1) is 0 Å². The lowest BCUT2D eigenvalue weighted by molar-refractivity contribution is -0.138. The van der Waals surface area contributed by atoms with Crippen LogP contribution in [0.3, 0.4) is 0 Å². The van der Waals surface area contributed by atoms with Crippen molar-refractivity contribution in [2.45, 2.75) is 12.3 Å². The van der Waals surface area contributed by atoms with Crippen molar-refractivity contribution < 1.29 is 9.90 Å². The van der Waals surface area contributed by atoms with Gasteiger partial charge in [-0.3, -0.25) is 9.78 Å². The summed E-state index contributed by atoms with van der Waals surface area (Å²) in [6.45, 7) is 0. The zero-order valence-corrected chi connectivity index (χ0v) is 9.78. The number of pyridine rings is 1. The van der Waals surface area contributed by atoms with E-state index in [4.69, 9.17) is 5.73 Å². The number of carboxylic acid groups (broad SMARTS) is 1. The van der Waals surface area contributed by atoms with Crippen LogP contribution < -0.4 is 5.73 Å². The molecule has 0 aliphatic heterocycles. The molecular weight excluding hydrogens is 228 g/mol. The topological polar surface area (TPSA) is 76.2 Å². The number of nitrogen functional groups attached to an aromatic ring is 1. The number of hydrogen-bond acceptors (Lipinski definition) is 3. The number of carboxylic acids is 1. The van der Waals surface area contributed by atoms with Crippen molar-refractivity contribution in [3.8, 4) is 0 Å². The summed E-state index contributed by atoms with van der Waals surface area (Å²) in [5.74, 6) is -1.42. The largest absolute Gasteiger partial charge is 0.481 e. The Morgan fingerprint density at radius 2 is 2.00 bits per heavy atom. The fourth-order valence-corrected chi connectivity index (χ4v) is 1.83. The normalized spacial score (nSPS) is 12.0. The van der Waals surface area contributed by atoms with Crippen LogP contribution >= 0.6 is 0 Å². The standard InChI is InChI=1S/C14H14N2O2/c15-12-5-3-11(4-6-12)13(14(17)18)8-10-2-1-7-16-9-10/h1-7,9,13H,8,15H2,(H,17,18)/t13-/m0/s1. The minimum absolute atomic E-state index is 0.424. The minimum Gasteiger partial charge on any atom is -0.481 e. The molecule has 0 spiro atoms. The second-order valence-corrected chi connectivity index (χ2v) is 4.12. The van der Waals surface area contributed by atoms with E-state index in [0.29, 0.717) is 12.1 Å². The Balaban J connectivity index is 2.24. The number of nitrogens with zero attached hydrogens (tertiary/aromatic N) is 1. The van der Waals surface area contributed by atoms with E-state index in [9.17, 15) is 9.90 Å². The molecule has 4 nitrogen and oxygen atoms in total. The van der Waals surface area contributed by atoms with Crippen molar-refractivity contribution in [3.63, 3.8) is 0 Å². The molecule has 1 aromatic heterocycles. The van der Waals surface area contributed by atoms with Crippen molar-refractivity contribution in [2.75, 3.05) is 5.73 Å². The van der Waals surface area contributed by atoms with Gasteiger partial charge in [-0.1, -0.05) is 18.2 Å². The first-order chi connectivity index (χ1) is 8.66. The van der Waals surface area contributed by atoms with Gasteiger partial charge in [0.25, 0.3) is 0 Å². The number of nitrogens with two attached hydrogens (primary N) is 1. The van der Waals surface area contributed by atoms with E-state index in [0.717, 1.165) is 11.1 Å². The molecule has 0 aliphatic carbocycles. The molecule has 0 saturated carbocycles. The highest BCUT2D eigenvalue weighted by Gasteiger charge is 2.20. The number of aromatic nitrogens is 1. The molecule has 1 atom stereocenters. The number of hydrogen-bond donors (Lipinski definition) is 2. The summed E-state index contributed by atoms with van der Waals surface area (Å²) < 4.78 is 0. The van der Waals surface area contributed by atoms with E-state index in [1.54, 1.807) is 42.7 Å². The van der Waals surface area contributed by atoms with Crippen LogP contribution in [0, 0.1) is 0 Å². The average Bonchev–Trinajstić information content (AvgIpc) is 2.38. The van der Waals surface area contributed by atoms with Crippen LogP contribution in [0.2, 0.25) is 0 Å². The lowest BCUT2D eigenvalue weighted by atomic mass is 9.92. The average molecular weight is 242 g/mol. The van der Waals surface area contributed by atoms with Crippen molar-refractivity contribution in [1.29, 1.82) is 0 Å². The predicted molar refractivity (Wildman–Crippen MR) is 69.2 cm³/mol. The maximum absolute atomic E-state index is 11.3. The van der Waals surface area contributed by atoms with Gasteiger partial charge in [0, 0.05) is 18.1 Å². The van der Waals surface area contributed by atoms with Crippen LogP contribution in [-0.4, -0.2) is 16.1 Å². The lowest BCUT2D eigenvalue weighted by Crippen LogP contribution is -2.14. The predicted octanol–water partition coefficient (Wildman–Crippen LogP) is 2.07. The maximum Gasteiger partial charge on any atom is 0.311 e. The van der Waals surface area contributed by atoms with Crippen molar-refractivity contribution in [3.05, 3.63) is 59.9 Å². The lowest BCUT2D eigenvalue weighted by Gasteiger charge is -2.12. The number of benzene rings is 1. The first-order valence-electron chi connectivity index (χ1n) is 5.64. The molecule has 1 aromatic carbocycles. The summed E-state index contributed by atoms with van der Waals surface area (Å²) in [7, 11) is 0. The van der Waals surface area contributed by atoms with Crippen LogP contribution in [0.5, 0.6) is 0 Å². The zero-order valence-electron chi connectivity index (χ0n) is 9.78. The summed E-state index contributed by atoms with van der Waals surface area (Å²) in [6.07, 6.45) is 3.78. The number of rotatable bonds is 4. The number of aliphatic carboxylic acids is 1. The molecule has 0 amide bonds. The molecule has 3 N–H and O–H groups in total. The molecule has 2 rings (SSSR count). The zero-order chi connectivity index (χ0) is 13.0. The number of anilines is 1. The van der Waals surface area contributed by atoms with Gasteiger partial charge in [0.05, 0.1) is 5.92 Å². The molecule has 92 valence electrons. The van der Waals surface area contributed by atoms with Crippen molar-refractivity contribution >= 4 is 11.7 Å². The molecule has 18 heavy (non-hydrogen) atoms. The van der Waals surface area contributed by atoms with Crippen molar-refractivity contribution in [1.82, 2.24) is 4.98 Å². The molecule has 0 unspecified atom stereocenters. The summed E-state index contributed by atoms with van der Waals surface area (Å²) >= 11 is 0. The van der Waals surface area contributed by atoms with Gasteiger partial charge < -0.3 is 10.8 Å². The second-order valence-electron chi connectivity index (χ2n) is 4.12. The highest BCUT2D eigenvalue weighted by Crippen LogP contribution is 2.22. The summed E-state index contributed by atoms with van der Waals surface area (Å²) in [6, 6.07) is 10.6. The van der Waals surface area contributed by atoms with E-state index in [-0.39, 0.29) is 0 Å². The molecule has 4 heteroatoms. The fraction of sp³-hybridized carbons (Fsp3) is 0.143. The fourth-order valence-electron chi connectivity index (χ4n) is 1.83. The van der Waals surface area contributed by atoms with E-state index < -0.39 is 11.9 Å². The molecule has 0 aliphatic rings. The second kappa shape index (κ2) is 5.31. The van der Waals surface area contributed by atoms with Crippen LogP contribution in [0.4, 0.5) is 5.69 Å². The maximum atomic E-state index is 11.3. The SMILES string of the molecule is Nc1ccc([C@H](Cc2cccnc2)C(=O)O)cc1. The monoisotopic (exact) mass is 242 g/mol. The molecule has 0 radical (unpaired) electrons. The van der Waals surface area contributed by atoms with Crippen LogP contribution in [0.1, 0.15) is 17.0 Å². The van der Waals surface area contributed by atoms with Gasteiger partial charge in [0.2, 0.25) is 0 Å². The third-order valence-corrected chi connectivity index (χ3v) is 2.80. The van der Waals surface area contributed by atoms with Gasteiger partial charge in [-0.25, -0.2) is 0 Å². The smallest absolute Gasteiger partial charge is 0.311 e. The highest BCUT2D eigenvalue weighted by atomic mass is 16.4. The quantitative estimate of drug-likeness (QED) is 0.805. The summed E-state index contributed by atoms with van der Waals surface area (Å²) in [5.41, 5.74) is 7.88. The Morgan fingerprint density at radius 1 is 1.28 bits per heavy atom. The van der Waals surface area contributed by atoms with E-state index in [1.807, 2.05) is 6.07 Å². The Kier molecular flexibility index (Phi) is 3.57. The Hall–Kier alpha value is -2.36. The van der Waals surface area contributed by atoms with Crippen LogP contribution in [0.25, 0.3) is 0 Å². The molecule has 0 bridgehead atoms. The number of carbonyl (C=O) groups is 1. The third-order valence-electron chi connectivity index (χ3n) is 2.80. The Morgan fingerprint density at radius 3 is 2.56 bits per heavy atom. The van der Waals surface area contributed by atoms with E-state index in [1.165, 1.54) is 0 Å². The van der Waals surface area contributed by atoms with E-state index in [2.05, 4.69) is 4.98 Å². The highest BCUT2D eigenvalue weighted by molar-refractivity contribution is 5.76. The Labute approximate surface area is 105 Å². The van der Waals surface area contributed by atoms with E-state index >= 15 is 0 Å². The van der Waals surface area contributed by atoms with Gasteiger partial charge in [0.15, 0.2) is 0 Å². The third kappa shape index (κ3) is 2.85. The Bertz CT molecular complexity index is 523. The molecule has 0 fully saturated rings. The van der Waals surface area contributed by atoms with Gasteiger partial charge in [-0.05, 0) is 35.7 Å². The van der Waals surface area contributed by atoms with Crippen LogP contribution in [-0.2, 0) is 11.2 Å². The summed E-state index contributed by atoms with van der Waals surface area (Å²) in [5, 5.41) is 9.31. The first kappa shape index (κ1) is 12.1. The molecule has 0 saturated heterocycles. The van der Waals surface area contributed by atoms with Crippen LogP contribution in [0.15, 0.2) is 48.8 Å².